The molecular formula is C34H32N6O2S2. The average molecular weight is 621 g/mol. The van der Waals surface area contributed by atoms with Crippen LogP contribution in [0.15, 0.2) is 113 Å². The van der Waals surface area contributed by atoms with E-state index in [0.29, 0.717) is 5.11 Å². The number of pyridine rings is 1. The third-order valence-corrected chi connectivity index (χ3v) is 9.24. The fraction of sp³-hybridized carbons (Fsp3) is 0.176. The van der Waals surface area contributed by atoms with Gasteiger partial charge in [0.25, 0.3) is 5.69 Å². The average Bonchev–Trinajstić information content (AvgIpc) is 3.52. The first-order valence-corrected chi connectivity index (χ1v) is 15.4. The summed E-state index contributed by atoms with van der Waals surface area (Å²) in [5.41, 5.74) is 7.70. The first-order chi connectivity index (χ1) is 21.2. The number of hydrogen-bond acceptors (Lipinski definition) is 6. The predicted molar refractivity (Wildman–Crippen MR) is 181 cm³/mol. The molecule has 1 aliphatic rings. The number of anilines is 2. The van der Waals surface area contributed by atoms with E-state index in [1.165, 1.54) is 17.7 Å². The second-order valence-corrected chi connectivity index (χ2v) is 12.4. The summed E-state index contributed by atoms with van der Waals surface area (Å²) < 4.78 is 2.30. The molecule has 3 aromatic carbocycles. The molecule has 0 amide bonds. The van der Waals surface area contributed by atoms with Crippen molar-refractivity contribution in [1.82, 2.24) is 14.9 Å². The van der Waals surface area contributed by atoms with Crippen LogP contribution in [-0.4, -0.2) is 33.7 Å². The normalized spacial score (nSPS) is 16.2. The van der Waals surface area contributed by atoms with E-state index in [-0.39, 0.29) is 22.7 Å². The molecular weight excluding hydrogens is 589 g/mol. The number of nitro groups is 1. The minimum absolute atomic E-state index is 0.0817. The van der Waals surface area contributed by atoms with Crippen LogP contribution in [0.4, 0.5) is 17.1 Å². The molecule has 3 heterocycles. The van der Waals surface area contributed by atoms with Crippen LogP contribution in [0, 0.1) is 24.0 Å². The summed E-state index contributed by atoms with van der Waals surface area (Å²) in [6, 6.07) is 31.4. The highest BCUT2D eigenvalue weighted by molar-refractivity contribution is 7.99. The third kappa shape index (κ3) is 5.66. The molecule has 0 aliphatic carbocycles. The molecule has 8 nitrogen and oxygen atoms in total. The van der Waals surface area contributed by atoms with E-state index in [1.807, 2.05) is 38.5 Å². The van der Waals surface area contributed by atoms with Crippen molar-refractivity contribution in [1.29, 1.82) is 0 Å². The Labute approximate surface area is 266 Å². The van der Waals surface area contributed by atoms with Crippen molar-refractivity contribution in [3.05, 3.63) is 136 Å². The number of aromatic nitrogens is 2. The molecule has 1 N–H and O–H groups in total. The molecule has 1 saturated heterocycles. The molecule has 222 valence electrons. The first kappa shape index (κ1) is 29.4. The summed E-state index contributed by atoms with van der Waals surface area (Å²) in [5.74, 6) is 0. The van der Waals surface area contributed by atoms with Gasteiger partial charge in [-0.3, -0.25) is 15.1 Å². The van der Waals surface area contributed by atoms with Crippen LogP contribution in [0.2, 0.25) is 0 Å². The van der Waals surface area contributed by atoms with Crippen LogP contribution in [0.25, 0.3) is 5.69 Å². The van der Waals surface area contributed by atoms with E-state index in [9.17, 15) is 10.1 Å². The van der Waals surface area contributed by atoms with Crippen LogP contribution >= 0.6 is 24.0 Å². The molecule has 44 heavy (non-hydrogen) atoms. The maximum atomic E-state index is 11.0. The van der Waals surface area contributed by atoms with Gasteiger partial charge in [0.15, 0.2) is 5.11 Å². The van der Waals surface area contributed by atoms with Crippen molar-refractivity contribution in [2.75, 3.05) is 23.9 Å². The Hall–Kier alpha value is -4.67. The number of thiocarbonyl (C=S) groups is 1. The smallest absolute Gasteiger partial charge is 0.269 e. The zero-order valence-corrected chi connectivity index (χ0v) is 26.5. The summed E-state index contributed by atoms with van der Waals surface area (Å²) in [7, 11) is 4.09. The highest BCUT2D eigenvalue weighted by atomic mass is 32.2. The quantitative estimate of drug-likeness (QED) is 0.107. The second kappa shape index (κ2) is 12.1. The van der Waals surface area contributed by atoms with Gasteiger partial charge in [0.1, 0.15) is 0 Å². The van der Waals surface area contributed by atoms with Crippen molar-refractivity contribution in [2.24, 2.45) is 0 Å². The summed E-state index contributed by atoms with van der Waals surface area (Å²) in [6.07, 6.45) is 1.82. The fourth-order valence-corrected chi connectivity index (χ4v) is 6.94. The molecule has 0 spiro atoms. The summed E-state index contributed by atoms with van der Waals surface area (Å²) >= 11 is 7.53. The van der Waals surface area contributed by atoms with Crippen molar-refractivity contribution in [2.45, 2.75) is 35.7 Å². The molecule has 0 bridgehead atoms. The molecule has 2 aromatic heterocycles. The van der Waals surface area contributed by atoms with Gasteiger partial charge in [0.05, 0.1) is 22.7 Å². The summed E-state index contributed by atoms with van der Waals surface area (Å²) in [5, 5.41) is 15.2. The van der Waals surface area contributed by atoms with Gasteiger partial charge in [-0.15, -0.1) is 0 Å². The van der Waals surface area contributed by atoms with Crippen molar-refractivity contribution in [3.63, 3.8) is 0 Å². The van der Waals surface area contributed by atoms with E-state index in [1.54, 1.807) is 23.9 Å². The third-order valence-electron chi connectivity index (χ3n) is 7.91. The minimum atomic E-state index is -0.386. The van der Waals surface area contributed by atoms with Crippen LogP contribution in [0.3, 0.4) is 0 Å². The van der Waals surface area contributed by atoms with Crippen LogP contribution < -0.4 is 15.1 Å². The Balaban J connectivity index is 1.36. The van der Waals surface area contributed by atoms with Gasteiger partial charge in [0.2, 0.25) is 0 Å². The maximum Gasteiger partial charge on any atom is 0.269 e. The van der Waals surface area contributed by atoms with Gasteiger partial charge in [-0.05, 0) is 110 Å². The lowest BCUT2D eigenvalue weighted by Crippen LogP contribution is -2.29. The molecule has 10 heteroatoms. The van der Waals surface area contributed by atoms with E-state index in [2.05, 4.69) is 88.1 Å². The number of nitrogens with zero attached hydrogens (tertiary/aromatic N) is 5. The van der Waals surface area contributed by atoms with Gasteiger partial charge in [0, 0.05) is 70.7 Å². The molecule has 0 saturated carbocycles. The van der Waals surface area contributed by atoms with Crippen molar-refractivity contribution in [3.8, 4) is 5.69 Å². The van der Waals surface area contributed by atoms with Gasteiger partial charge in [-0.25, -0.2) is 0 Å². The lowest BCUT2D eigenvalue weighted by atomic mass is 9.96. The molecule has 1 fully saturated rings. The summed E-state index contributed by atoms with van der Waals surface area (Å²) in [6.45, 7) is 4.31. The fourth-order valence-electron chi connectivity index (χ4n) is 5.78. The van der Waals surface area contributed by atoms with Gasteiger partial charge in [-0.2, -0.15) is 0 Å². The monoisotopic (exact) mass is 620 g/mol. The number of nitrogens with one attached hydrogen (secondary N) is 1. The van der Waals surface area contributed by atoms with E-state index in [0.717, 1.165) is 43.9 Å². The number of hydrogen-bond donors (Lipinski definition) is 1. The Morgan fingerprint density at radius 2 is 1.55 bits per heavy atom. The topological polar surface area (TPSA) is 79.5 Å². The van der Waals surface area contributed by atoms with Crippen molar-refractivity contribution >= 4 is 46.2 Å². The lowest BCUT2D eigenvalue weighted by molar-refractivity contribution is -0.384. The molecule has 2 unspecified atom stereocenters. The largest absolute Gasteiger partial charge is 0.378 e. The van der Waals surface area contributed by atoms with Gasteiger partial charge in [-0.1, -0.05) is 17.8 Å². The van der Waals surface area contributed by atoms with Crippen LogP contribution in [0.5, 0.6) is 0 Å². The minimum Gasteiger partial charge on any atom is -0.378 e. The van der Waals surface area contributed by atoms with Crippen LogP contribution in [-0.2, 0) is 0 Å². The lowest BCUT2D eigenvalue weighted by Gasteiger charge is -2.28. The van der Waals surface area contributed by atoms with Gasteiger partial charge < -0.3 is 19.7 Å². The molecule has 0 radical (unpaired) electrons. The SMILES string of the molecule is Cc1cc(C2C(c3ccccn3)NC(=S)N2c2ccc(Sc3ccc([N+](=O)[O-])cc3)cc2)c(C)n1-c1ccc(N(C)C)cc1. The summed E-state index contributed by atoms with van der Waals surface area (Å²) in [4.78, 5) is 21.6. The van der Waals surface area contributed by atoms with Crippen molar-refractivity contribution < 1.29 is 4.92 Å². The zero-order valence-electron chi connectivity index (χ0n) is 24.8. The first-order valence-electron chi connectivity index (χ1n) is 14.2. The van der Waals surface area contributed by atoms with E-state index < -0.39 is 0 Å². The van der Waals surface area contributed by atoms with Gasteiger partial charge >= 0.3 is 0 Å². The Morgan fingerprint density at radius 1 is 0.909 bits per heavy atom. The predicted octanol–water partition coefficient (Wildman–Crippen LogP) is 7.79. The second-order valence-electron chi connectivity index (χ2n) is 10.9. The Kier molecular flexibility index (Phi) is 8.11. The number of non-ortho nitro benzene ring substituents is 1. The highest BCUT2D eigenvalue weighted by Gasteiger charge is 2.42. The number of benzene rings is 3. The molecule has 6 rings (SSSR count). The molecule has 2 atom stereocenters. The number of nitro benzene ring substituents is 1. The standard InChI is InChI=1S/C34H32N6O2S2/c1-22-21-30(23(2)38(22)25-10-8-24(9-11-25)37(3)4)33-32(31-7-5-6-20-35-31)36-34(43)39(33)26-12-16-28(17-13-26)44-29-18-14-27(15-19-29)40(41)42/h5-21,32-33H,1-4H3,(H,36,43). The highest BCUT2D eigenvalue weighted by Crippen LogP contribution is 2.44. The number of rotatable bonds is 8. The van der Waals surface area contributed by atoms with E-state index >= 15 is 0 Å². The maximum absolute atomic E-state index is 11.0. The van der Waals surface area contributed by atoms with E-state index in [4.69, 9.17) is 17.2 Å². The number of aryl methyl sites for hydroxylation is 1. The molecule has 5 aromatic rings. The van der Waals surface area contributed by atoms with Crippen LogP contribution in [0.1, 0.15) is 34.7 Å². The Bertz CT molecular complexity index is 1800. The zero-order chi connectivity index (χ0) is 31.0. The molecule has 1 aliphatic heterocycles. The Morgan fingerprint density at radius 3 is 2.14 bits per heavy atom.